The van der Waals surface area contributed by atoms with Gasteiger partial charge in [-0.05, 0) is 89.1 Å². The van der Waals surface area contributed by atoms with Crippen molar-refractivity contribution < 1.29 is 18.0 Å². The van der Waals surface area contributed by atoms with Crippen LogP contribution in [0.5, 0.6) is 0 Å². The number of hydrogen-bond donors (Lipinski definition) is 1. The van der Waals surface area contributed by atoms with Crippen molar-refractivity contribution in [2.45, 2.75) is 65.1 Å². The fourth-order valence-electron chi connectivity index (χ4n) is 4.30. The van der Waals surface area contributed by atoms with E-state index in [1.54, 1.807) is 49.4 Å². The van der Waals surface area contributed by atoms with E-state index in [9.17, 15) is 18.0 Å². The van der Waals surface area contributed by atoms with E-state index < -0.39 is 28.5 Å². The smallest absolute Gasteiger partial charge is 0.264 e. The van der Waals surface area contributed by atoms with Crippen LogP contribution in [0.2, 0.25) is 10.0 Å². The fourth-order valence-corrected chi connectivity index (χ4v) is 6.22. The molecule has 1 atom stereocenters. The summed E-state index contributed by atoms with van der Waals surface area (Å²) in [6.45, 7) is 10.2. The van der Waals surface area contributed by atoms with Gasteiger partial charge in [-0.1, -0.05) is 53.0 Å². The molecule has 0 aliphatic heterocycles. The molecule has 0 saturated heterocycles. The Balaban J connectivity index is 2.10. The van der Waals surface area contributed by atoms with E-state index in [0.29, 0.717) is 21.3 Å². The molecule has 0 fully saturated rings. The van der Waals surface area contributed by atoms with Crippen molar-refractivity contribution in [2.75, 3.05) is 10.8 Å². The summed E-state index contributed by atoms with van der Waals surface area (Å²) < 4.78 is 29.0. The van der Waals surface area contributed by atoms with Crippen LogP contribution in [0.25, 0.3) is 0 Å². The van der Waals surface area contributed by atoms with Crippen LogP contribution in [0.15, 0.2) is 65.6 Å². The van der Waals surface area contributed by atoms with Gasteiger partial charge in [0, 0.05) is 28.2 Å². The number of amides is 2. The molecule has 0 heterocycles. The van der Waals surface area contributed by atoms with Crippen molar-refractivity contribution in [1.29, 1.82) is 0 Å². The van der Waals surface area contributed by atoms with Gasteiger partial charge in [0.05, 0.1) is 10.6 Å². The lowest BCUT2D eigenvalue weighted by Gasteiger charge is -2.33. The number of hydrogen-bond acceptors (Lipinski definition) is 4. The van der Waals surface area contributed by atoms with Crippen LogP contribution < -0.4 is 9.62 Å². The maximum Gasteiger partial charge on any atom is 0.264 e. The molecule has 0 radical (unpaired) electrons. The predicted octanol–water partition coefficient (Wildman–Crippen LogP) is 6.06. The second kappa shape index (κ2) is 13.1. The predicted molar refractivity (Wildman–Crippen MR) is 161 cm³/mol. The lowest BCUT2D eigenvalue weighted by Crippen LogP contribution is -2.52. The van der Waals surface area contributed by atoms with E-state index in [-0.39, 0.29) is 23.4 Å². The zero-order valence-electron chi connectivity index (χ0n) is 23.5. The summed E-state index contributed by atoms with van der Waals surface area (Å²) in [6.07, 6.45) is 0. The Bertz CT molecular complexity index is 1450. The molecule has 3 rings (SSSR count). The third kappa shape index (κ3) is 7.56. The van der Waals surface area contributed by atoms with Gasteiger partial charge in [0.25, 0.3) is 10.0 Å². The number of nitrogens with one attached hydrogen (secondary N) is 1. The molecule has 1 N–H and O–H groups in total. The van der Waals surface area contributed by atoms with Gasteiger partial charge in [0.1, 0.15) is 12.6 Å². The summed E-state index contributed by atoms with van der Waals surface area (Å²) in [6, 6.07) is 15.7. The molecule has 7 nitrogen and oxygen atoms in total. The second-order valence-electron chi connectivity index (χ2n) is 10.2. The van der Waals surface area contributed by atoms with E-state index in [4.69, 9.17) is 23.2 Å². The van der Waals surface area contributed by atoms with Gasteiger partial charge in [-0.2, -0.15) is 0 Å². The highest BCUT2D eigenvalue weighted by molar-refractivity contribution is 7.92. The highest BCUT2D eigenvalue weighted by Crippen LogP contribution is 2.29. The molecule has 10 heteroatoms. The normalized spacial score (nSPS) is 12.2. The first kappa shape index (κ1) is 31.5. The standard InChI is InChI=1S/C30H35Cl2N3O4S/c1-19(2)33-30(37)23(6)34(17-26-27(31)8-7-9-28(26)32)29(36)18-35(24-15-21(4)14-22(5)16-24)40(38,39)25-12-10-20(3)11-13-25/h7-16,19,23H,17-18H2,1-6H3,(H,33,37)/t23-/m1/s1. The van der Waals surface area contributed by atoms with Crippen molar-refractivity contribution in [3.8, 4) is 0 Å². The Kier molecular flexibility index (Phi) is 10.3. The Labute approximate surface area is 247 Å². The lowest BCUT2D eigenvalue weighted by molar-refractivity contribution is -0.139. The summed E-state index contributed by atoms with van der Waals surface area (Å²) >= 11 is 12.8. The number of halogens is 2. The van der Waals surface area contributed by atoms with Crippen LogP contribution in [0, 0.1) is 20.8 Å². The molecule has 0 aliphatic carbocycles. The molecular weight excluding hydrogens is 569 g/mol. The number of rotatable bonds is 10. The van der Waals surface area contributed by atoms with Gasteiger partial charge in [0.2, 0.25) is 11.8 Å². The average molecular weight is 605 g/mol. The summed E-state index contributed by atoms with van der Waals surface area (Å²) in [5.41, 5.74) is 3.40. The van der Waals surface area contributed by atoms with Crippen LogP contribution >= 0.6 is 23.2 Å². The number of anilines is 1. The second-order valence-corrected chi connectivity index (χ2v) is 12.9. The van der Waals surface area contributed by atoms with E-state index in [2.05, 4.69) is 5.32 Å². The SMILES string of the molecule is Cc1ccc(S(=O)(=O)N(CC(=O)N(Cc2c(Cl)cccc2Cl)[C@H](C)C(=O)NC(C)C)c2cc(C)cc(C)c2)cc1. The lowest BCUT2D eigenvalue weighted by atomic mass is 10.1. The van der Waals surface area contributed by atoms with Crippen LogP contribution in [0.1, 0.15) is 43.0 Å². The average Bonchev–Trinajstić information content (AvgIpc) is 2.85. The zero-order valence-corrected chi connectivity index (χ0v) is 25.9. The molecule has 3 aromatic carbocycles. The molecule has 40 heavy (non-hydrogen) atoms. The monoisotopic (exact) mass is 603 g/mol. The summed E-state index contributed by atoms with van der Waals surface area (Å²) in [7, 11) is -4.15. The van der Waals surface area contributed by atoms with Crippen molar-refractivity contribution in [2.24, 2.45) is 0 Å². The van der Waals surface area contributed by atoms with E-state index in [1.807, 2.05) is 40.7 Å². The Morgan fingerprint density at radius 1 is 0.850 bits per heavy atom. The van der Waals surface area contributed by atoms with Crippen molar-refractivity contribution in [1.82, 2.24) is 10.2 Å². The van der Waals surface area contributed by atoms with Crippen LogP contribution in [0.3, 0.4) is 0 Å². The maximum atomic E-state index is 14.0. The number of nitrogens with zero attached hydrogens (tertiary/aromatic N) is 2. The number of carbonyl (C=O) groups excluding carboxylic acids is 2. The van der Waals surface area contributed by atoms with Crippen molar-refractivity contribution in [3.63, 3.8) is 0 Å². The number of aryl methyl sites for hydroxylation is 3. The first-order valence-electron chi connectivity index (χ1n) is 12.9. The van der Waals surface area contributed by atoms with Gasteiger partial charge in [0.15, 0.2) is 0 Å². The van der Waals surface area contributed by atoms with Gasteiger partial charge in [-0.25, -0.2) is 8.42 Å². The minimum absolute atomic E-state index is 0.0522. The number of benzene rings is 3. The first-order chi connectivity index (χ1) is 18.7. The maximum absolute atomic E-state index is 14.0. The zero-order chi connectivity index (χ0) is 29.8. The Morgan fingerprint density at radius 2 is 1.40 bits per heavy atom. The molecule has 0 aliphatic rings. The molecule has 2 amide bonds. The Hall–Kier alpha value is -3.07. The molecule has 3 aromatic rings. The van der Waals surface area contributed by atoms with E-state index in [1.165, 1.54) is 17.0 Å². The van der Waals surface area contributed by atoms with Gasteiger partial charge < -0.3 is 10.2 Å². The van der Waals surface area contributed by atoms with Gasteiger partial charge in [-0.3, -0.25) is 13.9 Å². The largest absolute Gasteiger partial charge is 0.352 e. The summed E-state index contributed by atoms with van der Waals surface area (Å²) in [5.74, 6) is -0.969. The van der Waals surface area contributed by atoms with Gasteiger partial charge in [-0.15, -0.1) is 0 Å². The minimum Gasteiger partial charge on any atom is -0.352 e. The highest BCUT2D eigenvalue weighted by Gasteiger charge is 2.33. The van der Waals surface area contributed by atoms with Crippen LogP contribution in [-0.4, -0.2) is 43.8 Å². The van der Waals surface area contributed by atoms with E-state index in [0.717, 1.165) is 21.0 Å². The third-order valence-corrected chi connectivity index (χ3v) is 8.87. The van der Waals surface area contributed by atoms with Gasteiger partial charge >= 0.3 is 0 Å². The minimum atomic E-state index is -4.15. The number of sulfonamides is 1. The quantitative estimate of drug-likeness (QED) is 0.305. The van der Waals surface area contributed by atoms with Crippen LogP contribution in [-0.2, 0) is 26.2 Å². The summed E-state index contributed by atoms with van der Waals surface area (Å²) in [5, 5.41) is 3.49. The van der Waals surface area contributed by atoms with E-state index >= 15 is 0 Å². The highest BCUT2D eigenvalue weighted by atomic mass is 35.5. The molecule has 214 valence electrons. The molecule has 0 aromatic heterocycles. The first-order valence-corrected chi connectivity index (χ1v) is 15.1. The fraction of sp³-hybridized carbons (Fsp3) is 0.333. The summed E-state index contributed by atoms with van der Waals surface area (Å²) in [4.78, 5) is 28.5. The third-order valence-electron chi connectivity index (χ3n) is 6.37. The number of carbonyl (C=O) groups is 2. The molecule has 0 bridgehead atoms. The van der Waals surface area contributed by atoms with Crippen molar-refractivity contribution >= 4 is 50.7 Å². The Morgan fingerprint density at radius 3 is 1.93 bits per heavy atom. The topological polar surface area (TPSA) is 86.8 Å². The molecule has 0 spiro atoms. The molecule has 0 saturated carbocycles. The molecular formula is C30H35Cl2N3O4S. The molecule has 0 unspecified atom stereocenters. The van der Waals surface area contributed by atoms with Crippen LogP contribution in [0.4, 0.5) is 5.69 Å². The van der Waals surface area contributed by atoms with Crippen molar-refractivity contribution in [3.05, 3.63) is 93.0 Å².